The smallest absolute Gasteiger partial charge is 0.325 e. The molecule has 4 rings (SSSR count). The van der Waals surface area contributed by atoms with Crippen LogP contribution in [0.25, 0.3) is 21.0 Å². The highest BCUT2D eigenvalue weighted by molar-refractivity contribution is 7.16. The normalized spacial score (nSPS) is 11.9. The lowest BCUT2D eigenvalue weighted by atomic mass is 10.0. The number of carbonyl (C=O) groups is 2. The minimum absolute atomic E-state index is 0.125. The fourth-order valence-corrected chi connectivity index (χ4v) is 4.92. The van der Waals surface area contributed by atoms with Gasteiger partial charge in [-0.1, -0.05) is 70.9 Å². The summed E-state index contributed by atoms with van der Waals surface area (Å²) >= 11 is 13.7. The minimum atomic E-state index is -0.477. The van der Waals surface area contributed by atoms with Crippen LogP contribution in [0.2, 0.25) is 10.0 Å². The molecular formula is C21H14Cl2N2O3S. The van der Waals surface area contributed by atoms with E-state index in [0.717, 1.165) is 15.5 Å². The van der Waals surface area contributed by atoms with E-state index in [4.69, 9.17) is 27.9 Å². The lowest BCUT2D eigenvalue weighted by Gasteiger charge is -2.06. The van der Waals surface area contributed by atoms with Gasteiger partial charge in [-0.25, -0.2) is 0 Å². The Balaban J connectivity index is 1.93. The van der Waals surface area contributed by atoms with Gasteiger partial charge in [-0.3, -0.25) is 9.59 Å². The SMILES string of the molecule is COC(=O)Cn1c(=NC(=O)c2cccc3ccccc23)sc2cc(Cl)cc(Cl)c21. The first kappa shape index (κ1) is 19.6. The minimum Gasteiger partial charge on any atom is -0.468 e. The van der Waals surface area contributed by atoms with Gasteiger partial charge in [0.2, 0.25) is 0 Å². The average molecular weight is 445 g/mol. The van der Waals surface area contributed by atoms with Crippen molar-refractivity contribution in [2.24, 2.45) is 4.99 Å². The highest BCUT2D eigenvalue weighted by Crippen LogP contribution is 2.30. The molecule has 0 aliphatic rings. The molecule has 5 nitrogen and oxygen atoms in total. The van der Waals surface area contributed by atoms with Gasteiger partial charge in [0.25, 0.3) is 5.91 Å². The predicted octanol–water partition coefficient (Wildman–Crippen LogP) is 5.08. The largest absolute Gasteiger partial charge is 0.468 e. The molecule has 29 heavy (non-hydrogen) atoms. The number of ether oxygens (including phenoxy) is 1. The monoisotopic (exact) mass is 444 g/mol. The van der Waals surface area contributed by atoms with Crippen LogP contribution < -0.4 is 4.80 Å². The van der Waals surface area contributed by atoms with Crippen LogP contribution in [0.1, 0.15) is 10.4 Å². The molecule has 0 saturated heterocycles. The zero-order valence-corrected chi connectivity index (χ0v) is 17.5. The molecule has 4 aromatic rings. The van der Waals surface area contributed by atoms with Crippen LogP contribution >= 0.6 is 34.5 Å². The van der Waals surface area contributed by atoms with Gasteiger partial charge >= 0.3 is 5.97 Å². The molecule has 0 aliphatic heterocycles. The summed E-state index contributed by atoms with van der Waals surface area (Å²) in [5.41, 5.74) is 1.06. The van der Waals surface area contributed by atoms with Gasteiger partial charge in [0.15, 0.2) is 4.80 Å². The third kappa shape index (κ3) is 3.79. The Morgan fingerprint density at radius 1 is 1.10 bits per heavy atom. The summed E-state index contributed by atoms with van der Waals surface area (Å²) in [6, 6.07) is 16.4. The van der Waals surface area contributed by atoms with Gasteiger partial charge in [-0.05, 0) is 29.0 Å². The first-order valence-corrected chi connectivity index (χ1v) is 10.2. The second-order valence-electron chi connectivity index (χ2n) is 6.22. The number of hydrogen-bond acceptors (Lipinski definition) is 4. The number of halogens is 2. The van der Waals surface area contributed by atoms with Crippen molar-refractivity contribution in [2.45, 2.75) is 6.54 Å². The molecule has 0 unspecified atom stereocenters. The molecule has 1 aromatic heterocycles. The predicted molar refractivity (Wildman–Crippen MR) is 116 cm³/mol. The zero-order valence-electron chi connectivity index (χ0n) is 15.2. The zero-order chi connectivity index (χ0) is 20.5. The second kappa shape index (κ2) is 7.99. The van der Waals surface area contributed by atoms with Crippen LogP contribution in [0.15, 0.2) is 59.6 Å². The van der Waals surface area contributed by atoms with Gasteiger partial charge in [0.1, 0.15) is 6.54 Å². The molecular weight excluding hydrogens is 431 g/mol. The van der Waals surface area contributed by atoms with E-state index in [1.54, 1.807) is 22.8 Å². The van der Waals surface area contributed by atoms with E-state index in [1.807, 2.05) is 36.4 Å². The van der Waals surface area contributed by atoms with Crippen molar-refractivity contribution in [2.75, 3.05) is 7.11 Å². The van der Waals surface area contributed by atoms with Crippen molar-refractivity contribution in [3.63, 3.8) is 0 Å². The number of aromatic nitrogens is 1. The van der Waals surface area contributed by atoms with E-state index >= 15 is 0 Å². The van der Waals surface area contributed by atoms with Crippen LogP contribution in [0, 0.1) is 0 Å². The summed E-state index contributed by atoms with van der Waals surface area (Å²) in [7, 11) is 1.30. The number of carbonyl (C=O) groups excluding carboxylic acids is 2. The number of esters is 1. The highest BCUT2D eigenvalue weighted by atomic mass is 35.5. The van der Waals surface area contributed by atoms with Crippen molar-refractivity contribution in [1.82, 2.24) is 4.57 Å². The number of hydrogen-bond donors (Lipinski definition) is 0. The Morgan fingerprint density at radius 3 is 2.66 bits per heavy atom. The maximum atomic E-state index is 13.0. The molecule has 0 N–H and O–H groups in total. The van der Waals surface area contributed by atoms with Gasteiger partial charge in [0.05, 0.1) is 22.3 Å². The number of fused-ring (bicyclic) bond motifs is 2. The van der Waals surface area contributed by atoms with E-state index in [-0.39, 0.29) is 6.54 Å². The number of benzene rings is 3. The van der Waals surface area contributed by atoms with Crippen molar-refractivity contribution >= 4 is 67.4 Å². The molecule has 0 saturated carbocycles. The van der Waals surface area contributed by atoms with Crippen LogP contribution in [0.4, 0.5) is 0 Å². The van der Waals surface area contributed by atoms with Crippen LogP contribution in [0.3, 0.4) is 0 Å². The van der Waals surface area contributed by atoms with E-state index < -0.39 is 11.9 Å². The molecule has 8 heteroatoms. The number of nitrogens with zero attached hydrogens (tertiary/aromatic N) is 2. The summed E-state index contributed by atoms with van der Waals surface area (Å²) in [6.45, 7) is -0.125. The first-order chi connectivity index (χ1) is 14.0. The van der Waals surface area contributed by atoms with Crippen molar-refractivity contribution in [3.8, 4) is 0 Å². The average Bonchev–Trinajstić information content (AvgIpc) is 3.04. The number of rotatable bonds is 3. The van der Waals surface area contributed by atoms with Gasteiger partial charge in [-0.2, -0.15) is 4.99 Å². The molecule has 0 atom stereocenters. The highest BCUT2D eigenvalue weighted by Gasteiger charge is 2.16. The Bertz CT molecular complexity index is 1340. The Hall–Kier alpha value is -2.67. The molecule has 0 bridgehead atoms. The maximum Gasteiger partial charge on any atom is 0.325 e. The van der Waals surface area contributed by atoms with Gasteiger partial charge in [0, 0.05) is 10.6 Å². The van der Waals surface area contributed by atoms with E-state index in [2.05, 4.69) is 4.99 Å². The second-order valence-corrected chi connectivity index (χ2v) is 8.08. The Labute approximate surface area is 179 Å². The Morgan fingerprint density at radius 2 is 1.86 bits per heavy atom. The molecule has 0 aliphatic carbocycles. The summed E-state index contributed by atoms with van der Waals surface area (Å²) in [5, 5.41) is 2.58. The number of amides is 1. The van der Waals surface area contributed by atoms with Crippen molar-refractivity contribution < 1.29 is 14.3 Å². The van der Waals surface area contributed by atoms with Crippen LogP contribution in [0.5, 0.6) is 0 Å². The first-order valence-electron chi connectivity index (χ1n) is 8.60. The standard InChI is InChI=1S/C21H14Cl2N2O3S/c1-28-18(26)11-25-19-16(23)9-13(22)10-17(19)29-21(25)24-20(27)15-8-4-6-12-5-2-3-7-14(12)15/h2-10H,11H2,1H3. The van der Waals surface area contributed by atoms with Crippen LogP contribution in [-0.2, 0) is 16.1 Å². The molecule has 0 radical (unpaired) electrons. The molecule has 1 heterocycles. The van der Waals surface area contributed by atoms with E-state index in [1.165, 1.54) is 18.4 Å². The van der Waals surface area contributed by atoms with Crippen molar-refractivity contribution in [3.05, 3.63) is 75.0 Å². The summed E-state index contributed by atoms with van der Waals surface area (Å²) in [4.78, 5) is 29.6. The molecule has 0 spiro atoms. The number of methoxy groups -OCH3 is 1. The lowest BCUT2D eigenvalue weighted by molar-refractivity contribution is -0.141. The Kier molecular flexibility index (Phi) is 5.41. The third-order valence-corrected chi connectivity index (χ3v) is 5.96. The van der Waals surface area contributed by atoms with Crippen LogP contribution in [-0.4, -0.2) is 23.6 Å². The third-order valence-electron chi connectivity index (χ3n) is 4.43. The van der Waals surface area contributed by atoms with E-state index in [0.29, 0.717) is 25.9 Å². The van der Waals surface area contributed by atoms with Gasteiger partial charge in [-0.15, -0.1) is 0 Å². The quantitative estimate of drug-likeness (QED) is 0.414. The fourth-order valence-electron chi connectivity index (χ4n) is 3.11. The topological polar surface area (TPSA) is 60.7 Å². The van der Waals surface area contributed by atoms with Gasteiger partial charge < -0.3 is 9.30 Å². The maximum absolute atomic E-state index is 13.0. The fraction of sp³-hybridized carbons (Fsp3) is 0.0952. The summed E-state index contributed by atoms with van der Waals surface area (Å²) in [5.74, 6) is -0.885. The molecule has 1 amide bonds. The lowest BCUT2D eigenvalue weighted by Crippen LogP contribution is -2.22. The molecule has 3 aromatic carbocycles. The number of thiazole rings is 1. The molecule has 146 valence electrons. The summed E-state index contributed by atoms with van der Waals surface area (Å²) < 4.78 is 7.08. The molecule has 0 fully saturated rings. The summed E-state index contributed by atoms with van der Waals surface area (Å²) in [6.07, 6.45) is 0. The van der Waals surface area contributed by atoms with E-state index in [9.17, 15) is 9.59 Å². The van der Waals surface area contributed by atoms with Crippen molar-refractivity contribution in [1.29, 1.82) is 0 Å².